The Morgan fingerprint density at radius 2 is 2.30 bits per heavy atom. The second kappa shape index (κ2) is 2.88. The summed E-state index contributed by atoms with van der Waals surface area (Å²) in [7, 11) is 3.05. The molecule has 0 atom stereocenters. The molecule has 0 spiro atoms. The smallest absolute Gasteiger partial charge is 0.333 e. The van der Waals surface area contributed by atoms with Crippen LogP contribution in [0, 0.1) is 0 Å². The van der Waals surface area contributed by atoms with Crippen molar-refractivity contribution in [1.82, 2.24) is 10.4 Å². The first-order valence-corrected chi connectivity index (χ1v) is 3.32. The molecule has 4 nitrogen and oxygen atoms in total. The van der Waals surface area contributed by atoms with Crippen molar-refractivity contribution in [3.63, 3.8) is 0 Å². The standard InChI is InChI=1S/C6H12N2O2/c1-8(10-2)6(9)7-5-3-4-5/h5H,3-4H2,1-2H3,(H,7,9). The maximum atomic E-state index is 10.9. The molecule has 0 radical (unpaired) electrons. The van der Waals surface area contributed by atoms with Crippen molar-refractivity contribution >= 4 is 6.03 Å². The van der Waals surface area contributed by atoms with Crippen LogP contribution >= 0.6 is 0 Å². The first-order chi connectivity index (χ1) is 4.74. The fourth-order valence-electron chi connectivity index (χ4n) is 0.576. The minimum atomic E-state index is -0.162. The average Bonchev–Trinajstić information content (AvgIpc) is 2.70. The first kappa shape index (κ1) is 7.34. The van der Waals surface area contributed by atoms with E-state index < -0.39 is 0 Å². The summed E-state index contributed by atoms with van der Waals surface area (Å²) in [5, 5.41) is 3.95. The van der Waals surface area contributed by atoms with Gasteiger partial charge in [-0.15, -0.1) is 0 Å². The molecule has 4 heteroatoms. The van der Waals surface area contributed by atoms with Gasteiger partial charge in [0, 0.05) is 13.1 Å². The van der Waals surface area contributed by atoms with Crippen LogP contribution in [0.1, 0.15) is 12.8 Å². The molecule has 1 fully saturated rings. The van der Waals surface area contributed by atoms with E-state index >= 15 is 0 Å². The molecule has 1 aliphatic rings. The summed E-state index contributed by atoms with van der Waals surface area (Å²) >= 11 is 0. The van der Waals surface area contributed by atoms with Gasteiger partial charge in [-0.25, -0.2) is 9.86 Å². The van der Waals surface area contributed by atoms with Crippen LogP contribution in [-0.4, -0.2) is 31.3 Å². The molecule has 0 aromatic carbocycles. The Morgan fingerprint density at radius 3 is 2.70 bits per heavy atom. The van der Waals surface area contributed by atoms with Gasteiger partial charge in [-0.2, -0.15) is 0 Å². The van der Waals surface area contributed by atoms with Crippen LogP contribution in [0.3, 0.4) is 0 Å². The van der Waals surface area contributed by atoms with Crippen molar-refractivity contribution in [1.29, 1.82) is 0 Å². The minimum Gasteiger partial charge on any atom is -0.333 e. The second-order valence-electron chi connectivity index (χ2n) is 2.40. The summed E-state index contributed by atoms with van der Waals surface area (Å²) in [4.78, 5) is 15.6. The fourth-order valence-corrected chi connectivity index (χ4v) is 0.576. The Labute approximate surface area is 60.1 Å². The van der Waals surface area contributed by atoms with Gasteiger partial charge in [0.25, 0.3) is 0 Å². The van der Waals surface area contributed by atoms with E-state index in [4.69, 9.17) is 0 Å². The molecule has 0 unspecified atom stereocenters. The van der Waals surface area contributed by atoms with Crippen molar-refractivity contribution in [3.8, 4) is 0 Å². The van der Waals surface area contributed by atoms with Crippen molar-refractivity contribution in [2.75, 3.05) is 14.2 Å². The third-order valence-electron chi connectivity index (χ3n) is 1.46. The molecule has 0 aromatic rings. The number of nitrogens with zero attached hydrogens (tertiary/aromatic N) is 1. The Hall–Kier alpha value is -0.770. The number of rotatable bonds is 2. The maximum Gasteiger partial charge on any atom is 0.341 e. The SMILES string of the molecule is CON(C)C(=O)NC1CC1. The van der Waals surface area contributed by atoms with Gasteiger partial charge in [0.2, 0.25) is 0 Å². The molecule has 0 aromatic heterocycles. The predicted molar refractivity (Wildman–Crippen MR) is 36.3 cm³/mol. The lowest BCUT2D eigenvalue weighted by atomic mass is 10.7. The number of hydrogen-bond acceptors (Lipinski definition) is 2. The van der Waals surface area contributed by atoms with Crippen LogP contribution in [-0.2, 0) is 4.84 Å². The first-order valence-electron chi connectivity index (χ1n) is 3.32. The molecule has 0 bridgehead atoms. The van der Waals surface area contributed by atoms with E-state index in [2.05, 4.69) is 10.2 Å². The summed E-state index contributed by atoms with van der Waals surface area (Å²) < 4.78 is 0. The highest BCUT2D eigenvalue weighted by Crippen LogP contribution is 2.18. The van der Waals surface area contributed by atoms with E-state index in [1.807, 2.05) is 0 Å². The van der Waals surface area contributed by atoms with Crippen LogP contribution in [0.25, 0.3) is 0 Å². The van der Waals surface area contributed by atoms with Crippen LogP contribution in [0.5, 0.6) is 0 Å². The zero-order chi connectivity index (χ0) is 7.56. The Bertz CT molecular complexity index is 134. The zero-order valence-corrected chi connectivity index (χ0v) is 6.26. The fraction of sp³-hybridized carbons (Fsp3) is 0.833. The lowest BCUT2D eigenvalue weighted by Gasteiger charge is -2.13. The molecular weight excluding hydrogens is 132 g/mol. The van der Waals surface area contributed by atoms with E-state index in [1.54, 1.807) is 7.05 Å². The third-order valence-corrected chi connectivity index (χ3v) is 1.46. The topological polar surface area (TPSA) is 41.6 Å². The van der Waals surface area contributed by atoms with Gasteiger partial charge in [-0.3, -0.25) is 4.84 Å². The minimum absolute atomic E-state index is 0.162. The van der Waals surface area contributed by atoms with E-state index in [1.165, 1.54) is 12.2 Å². The third kappa shape index (κ3) is 1.88. The normalized spacial score (nSPS) is 16.6. The van der Waals surface area contributed by atoms with Crippen molar-refractivity contribution in [3.05, 3.63) is 0 Å². The van der Waals surface area contributed by atoms with E-state index in [9.17, 15) is 4.79 Å². The van der Waals surface area contributed by atoms with E-state index in [0.717, 1.165) is 12.8 Å². The highest BCUT2D eigenvalue weighted by Gasteiger charge is 2.24. The number of carbonyl (C=O) groups is 1. The largest absolute Gasteiger partial charge is 0.341 e. The van der Waals surface area contributed by atoms with Crippen molar-refractivity contribution in [2.45, 2.75) is 18.9 Å². The summed E-state index contributed by atoms with van der Waals surface area (Å²) in [6.07, 6.45) is 2.20. The Kier molecular flexibility index (Phi) is 2.11. The van der Waals surface area contributed by atoms with Gasteiger partial charge in [0.05, 0.1) is 7.11 Å². The summed E-state index contributed by atoms with van der Waals surface area (Å²) in [5.74, 6) is 0. The quantitative estimate of drug-likeness (QED) is 0.568. The molecule has 0 aliphatic heterocycles. The average molecular weight is 144 g/mol. The van der Waals surface area contributed by atoms with Crippen LogP contribution in [0.4, 0.5) is 4.79 Å². The monoisotopic (exact) mass is 144 g/mol. The van der Waals surface area contributed by atoms with Gasteiger partial charge in [-0.1, -0.05) is 0 Å². The zero-order valence-electron chi connectivity index (χ0n) is 6.26. The van der Waals surface area contributed by atoms with Gasteiger partial charge < -0.3 is 5.32 Å². The van der Waals surface area contributed by atoms with Crippen LogP contribution in [0.15, 0.2) is 0 Å². The molecule has 0 saturated heterocycles. The molecule has 1 N–H and O–H groups in total. The van der Waals surface area contributed by atoms with Crippen molar-refractivity contribution < 1.29 is 9.63 Å². The van der Waals surface area contributed by atoms with Gasteiger partial charge >= 0.3 is 6.03 Å². The molecule has 10 heavy (non-hydrogen) atoms. The highest BCUT2D eigenvalue weighted by atomic mass is 16.7. The van der Waals surface area contributed by atoms with Gasteiger partial charge in [-0.05, 0) is 12.8 Å². The maximum absolute atomic E-state index is 10.9. The van der Waals surface area contributed by atoms with Crippen molar-refractivity contribution in [2.24, 2.45) is 0 Å². The lowest BCUT2D eigenvalue weighted by molar-refractivity contribution is -0.0648. The van der Waals surface area contributed by atoms with Crippen LogP contribution < -0.4 is 5.32 Å². The van der Waals surface area contributed by atoms with Crippen LogP contribution in [0.2, 0.25) is 0 Å². The highest BCUT2D eigenvalue weighted by molar-refractivity contribution is 5.73. The summed E-state index contributed by atoms with van der Waals surface area (Å²) in [6.45, 7) is 0. The second-order valence-corrected chi connectivity index (χ2v) is 2.40. The molecule has 58 valence electrons. The number of nitrogens with one attached hydrogen (secondary N) is 1. The molecular formula is C6H12N2O2. The number of hydroxylamine groups is 2. The molecule has 1 saturated carbocycles. The predicted octanol–water partition coefficient (Wildman–Crippen LogP) is 0.352. The molecule has 1 aliphatic carbocycles. The number of hydrogen-bond donors (Lipinski definition) is 1. The summed E-state index contributed by atoms with van der Waals surface area (Å²) in [6, 6.07) is 0.232. The van der Waals surface area contributed by atoms with E-state index in [-0.39, 0.29) is 6.03 Å². The lowest BCUT2D eigenvalue weighted by Crippen LogP contribution is -2.37. The van der Waals surface area contributed by atoms with Gasteiger partial charge in [0.15, 0.2) is 0 Å². The van der Waals surface area contributed by atoms with E-state index in [0.29, 0.717) is 6.04 Å². The Morgan fingerprint density at radius 1 is 1.70 bits per heavy atom. The Balaban J connectivity index is 2.18. The number of amides is 2. The summed E-state index contributed by atoms with van der Waals surface area (Å²) in [5.41, 5.74) is 0. The number of carbonyl (C=O) groups excluding carboxylic acids is 1. The number of urea groups is 1. The molecule has 2 amide bonds. The van der Waals surface area contributed by atoms with Gasteiger partial charge in [0.1, 0.15) is 0 Å². The molecule has 1 rings (SSSR count). The molecule has 0 heterocycles.